The van der Waals surface area contributed by atoms with Gasteiger partial charge in [0.15, 0.2) is 5.96 Å². The maximum absolute atomic E-state index is 4.42. The summed E-state index contributed by atoms with van der Waals surface area (Å²) in [6, 6.07) is 0.760. The molecule has 1 aromatic rings. The first-order chi connectivity index (χ1) is 12.4. The van der Waals surface area contributed by atoms with Crippen LogP contribution in [0.15, 0.2) is 17.4 Å². The second-order valence-corrected chi connectivity index (χ2v) is 7.99. The van der Waals surface area contributed by atoms with E-state index < -0.39 is 0 Å². The van der Waals surface area contributed by atoms with Gasteiger partial charge in [-0.15, -0.1) is 0 Å². The zero-order valence-corrected chi connectivity index (χ0v) is 17.4. The Labute approximate surface area is 158 Å². The zero-order valence-electron chi connectivity index (χ0n) is 17.4. The summed E-state index contributed by atoms with van der Waals surface area (Å²) >= 11 is 0. The largest absolute Gasteiger partial charge is 0.354 e. The van der Waals surface area contributed by atoms with Gasteiger partial charge in [0.2, 0.25) is 0 Å². The summed E-state index contributed by atoms with van der Waals surface area (Å²) in [5.41, 5.74) is 1.21. The molecule has 2 heterocycles. The number of aryl methyl sites for hydroxylation is 1. The van der Waals surface area contributed by atoms with Gasteiger partial charge in [-0.1, -0.05) is 13.8 Å². The van der Waals surface area contributed by atoms with Crippen LogP contribution in [-0.4, -0.2) is 78.9 Å². The van der Waals surface area contributed by atoms with E-state index in [2.05, 4.69) is 64.7 Å². The number of likely N-dealkylation sites (N-methyl/N-ethyl adjacent to an activating group) is 1. The maximum atomic E-state index is 4.42. The van der Waals surface area contributed by atoms with Crippen molar-refractivity contribution in [2.45, 2.75) is 38.8 Å². The van der Waals surface area contributed by atoms with Gasteiger partial charge in [0.25, 0.3) is 0 Å². The average molecular weight is 364 g/mol. The number of aliphatic imine (C=N–C) groups is 1. The van der Waals surface area contributed by atoms with Crippen molar-refractivity contribution in [1.29, 1.82) is 0 Å². The molecule has 2 rings (SSSR count). The molecule has 0 spiro atoms. The second kappa shape index (κ2) is 9.92. The lowest BCUT2D eigenvalue weighted by Crippen LogP contribution is -2.50. The third-order valence-corrected chi connectivity index (χ3v) is 4.97. The van der Waals surface area contributed by atoms with Gasteiger partial charge in [-0.05, 0) is 32.9 Å². The minimum absolute atomic E-state index is 0.259. The predicted molar refractivity (Wildman–Crippen MR) is 108 cm³/mol. The Morgan fingerprint density at radius 1 is 1.35 bits per heavy atom. The lowest BCUT2D eigenvalue weighted by molar-refractivity contribution is 0.186. The van der Waals surface area contributed by atoms with Gasteiger partial charge >= 0.3 is 0 Å². The van der Waals surface area contributed by atoms with Crippen LogP contribution in [0.1, 0.15) is 38.3 Å². The molecule has 7 heteroatoms. The van der Waals surface area contributed by atoms with Gasteiger partial charge in [-0.25, -0.2) is 0 Å². The minimum Gasteiger partial charge on any atom is -0.354 e. The topological polar surface area (TPSA) is 60.7 Å². The van der Waals surface area contributed by atoms with Crippen LogP contribution in [-0.2, 0) is 7.05 Å². The lowest BCUT2D eigenvalue weighted by Gasteiger charge is -2.34. The number of hydrogen-bond acceptors (Lipinski definition) is 4. The fourth-order valence-electron chi connectivity index (χ4n) is 3.57. The molecular formula is C19H37N7. The highest BCUT2D eigenvalue weighted by Gasteiger charge is 2.21. The van der Waals surface area contributed by atoms with Crippen LogP contribution in [0.5, 0.6) is 0 Å². The Morgan fingerprint density at radius 3 is 2.54 bits per heavy atom. The molecule has 7 nitrogen and oxygen atoms in total. The molecule has 0 radical (unpaired) electrons. The highest BCUT2D eigenvalue weighted by atomic mass is 15.3. The number of likely N-dealkylation sites (tertiary alicyclic amines) is 1. The van der Waals surface area contributed by atoms with Gasteiger partial charge in [0.05, 0.1) is 12.2 Å². The Bertz CT molecular complexity index is 556. The Kier molecular flexibility index (Phi) is 7.90. The van der Waals surface area contributed by atoms with Crippen molar-refractivity contribution in [2.24, 2.45) is 18.0 Å². The summed E-state index contributed by atoms with van der Waals surface area (Å²) in [6.07, 6.45) is 6.36. The number of nitrogens with one attached hydrogen (secondary N) is 2. The maximum Gasteiger partial charge on any atom is 0.191 e. The van der Waals surface area contributed by atoms with Crippen LogP contribution in [0.2, 0.25) is 0 Å². The molecular weight excluding hydrogens is 326 g/mol. The summed E-state index contributed by atoms with van der Waals surface area (Å²) < 4.78 is 1.85. The normalized spacial score (nSPS) is 18.5. The number of piperidine rings is 1. The van der Waals surface area contributed by atoms with E-state index in [0.29, 0.717) is 6.04 Å². The van der Waals surface area contributed by atoms with Crippen LogP contribution in [0, 0.1) is 5.92 Å². The Balaban J connectivity index is 1.82. The molecule has 1 aliphatic heterocycles. The lowest BCUT2D eigenvalue weighted by atomic mass is 10.0. The van der Waals surface area contributed by atoms with Gasteiger partial charge in [-0.3, -0.25) is 9.67 Å². The first-order valence-corrected chi connectivity index (χ1v) is 9.73. The summed E-state index contributed by atoms with van der Waals surface area (Å²) in [4.78, 5) is 9.20. The summed E-state index contributed by atoms with van der Waals surface area (Å²) in [7, 11) is 7.99. The van der Waals surface area contributed by atoms with Crippen molar-refractivity contribution in [3.05, 3.63) is 18.0 Å². The van der Waals surface area contributed by atoms with E-state index in [1.165, 1.54) is 38.0 Å². The van der Waals surface area contributed by atoms with Gasteiger partial charge in [-0.2, -0.15) is 5.10 Å². The van der Waals surface area contributed by atoms with Crippen molar-refractivity contribution in [2.75, 3.05) is 47.3 Å². The fraction of sp³-hybridized carbons (Fsp3) is 0.789. The van der Waals surface area contributed by atoms with Gasteiger partial charge in [0.1, 0.15) is 0 Å². The zero-order chi connectivity index (χ0) is 19.1. The molecule has 1 fully saturated rings. The second-order valence-electron chi connectivity index (χ2n) is 7.99. The van der Waals surface area contributed by atoms with E-state index in [1.54, 1.807) is 0 Å². The molecule has 0 amide bonds. The molecule has 0 aromatic carbocycles. The van der Waals surface area contributed by atoms with Crippen molar-refractivity contribution < 1.29 is 0 Å². The highest BCUT2D eigenvalue weighted by molar-refractivity contribution is 5.80. The fourth-order valence-corrected chi connectivity index (χ4v) is 3.57. The predicted octanol–water partition coefficient (Wildman–Crippen LogP) is 1.31. The summed E-state index contributed by atoms with van der Waals surface area (Å²) in [5.74, 6) is 1.63. The molecule has 1 atom stereocenters. The van der Waals surface area contributed by atoms with Crippen molar-refractivity contribution in [1.82, 2.24) is 30.2 Å². The van der Waals surface area contributed by atoms with Crippen molar-refractivity contribution in [3.8, 4) is 0 Å². The number of guanidine groups is 1. The molecule has 1 unspecified atom stereocenters. The number of aromatic nitrogens is 2. The standard InChI is InChI=1S/C19H37N7/c1-15(2)13-26-9-7-17(8-10-26)23-19(20-3)21-12-18(24(4)5)16-11-22-25(6)14-16/h11,14-15,17-18H,7-10,12-13H2,1-6H3,(H2,20,21,23). The molecule has 1 aliphatic rings. The van der Waals surface area contributed by atoms with Gasteiger partial charge < -0.3 is 20.4 Å². The molecule has 2 N–H and O–H groups in total. The number of nitrogens with zero attached hydrogens (tertiary/aromatic N) is 5. The molecule has 1 aromatic heterocycles. The van der Waals surface area contributed by atoms with E-state index in [-0.39, 0.29) is 6.04 Å². The average Bonchev–Trinajstić information content (AvgIpc) is 3.01. The van der Waals surface area contributed by atoms with Crippen molar-refractivity contribution >= 4 is 5.96 Å². The van der Waals surface area contributed by atoms with Crippen LogP contribution in [0.3, 0.4) is 0 Å². The molecule has 0 bridgehead atoms. The van der Waals surface area contributed by atoms with Crippen LogP contribution < -0.4 is 10.6 Å². The molecule has 0 saturated carbocycles. The van der Waals surface area contributed by atoms with E-state index in [9.17, 15) is 0 Å². The quantitative estimate of drug-likeness (QED) is 0.565. The Hall–Kier alpha value is -1.60. The molecule has 26 heavy (non-hydrogen) atoms. The monoisotopic (exact) mass is 363 g/mol. The third kappa shape index (κ3) is 6.29. The molecule has 0 aliphatic carbocycles. The first-order valence-electron chi connectivity index (χ1n) is 9.73. The number of hydrogen-bond donors (Lipinski definition) is 2. The SMILES string of the molecule is CN=C(NCC(c1cnn(C)c1)N(C)C)NC1CCN(CC(C)C)CC1. The van der Waals surface area contributed by atoms with E-state index in [1.807, 2.05) is 25.0 Å². The molecule has 148 valence electrons. The first kappa shape index (κ1) is 20.7. The van der Waals surface area contributed by atoms with Crippen molar-refractivity contribution in [3.63, 3.8) is 0 Å². The van der Waals surface area contributed by atoms with E-state index in [4.69, 9.17) is 0 Å². The van der Waals surface area contributed by atoms with Crippen LogP contribution in [0.4, 0.5) is 0 Å². The minimum atomic E-state index is 0.259. The van der Waals surface area contributed by atoms with E-state index >= 15 is 0 Å². The highest BCUT2D eigenvalue weighted by Crippen LogP contribution is 2.16. The smallest absolute Gasteiger partial charge is 0.191 e. The van der Waals surface area contributed by atoms with Crippen LogP contribution in [0.25, 0.3) is 0 Å². The number of rotatable bonds is 7. The molecule has 1 saturated heterocycles. The third-order valence-electron chi connectivity index (χ3n) is 4.97. The van der Waals surface area contributed by atoms with E-state index in [0.717, 1.165) is 18.4 Å². The Morgan fingerprint density at radius 2 is 2.04 bits per heavy atom. The summed E-state index contributed by atoms with van der Waals surface area (Å²) in [5, 5.41) is 11.4. The summed E-state index contributed by atoms with van der Waals surface area (Å²) in [6.45, 7) is 8.92. The van der Waals surface area contributed by atoms with Gasteiger partial charge in [0, 0.05) is 58.1 Å². The van der Waals surface area contributed by atoms with Crippen LogP contribution >= 0.6 is 0 Å².